The number of hydrogen-bond acceptors (Lipinski definition) is 1. The molecule has 0 saturated carbocycles. The van der Waals surface area contributed by atoms with Crippen LogP contribution in [0.4, 0.5) is 0 Å². The highest BCUT2D eigenvalue weighted by Crippen LogP contribution is 0.848. The smallest absolute Gasteiger partial charge is 0.114 e. The lowest BCUT2D eigenvalue weighted by Crippen LogP contribution is -0.481. The molecule has 4 heteroatoms. The normalized spacial score (nSPS) is 0. The molecule has 0 aromatic rings. The van der Waals surface area contributed by atoms with E-state index in [2.05, 4.69) is 0 Å². The maximum absolute atomic E-state index is 0. The maximum atomic E-state index is 0. The van der Waals surface area contributed by atoms with Crippen molar-refractivity contribution in [3.63, 3.8) is 0 Å². The van der Waals surface area contributed by atoms with Gasteiger partial charge in [0.1, 0.15) is 0 Å². The van der Waals surface area contributed by atoms with Gasteiger partial charge in [0.2, 0.25) is 0 Å². The highest BCUT2D eigenvalue weighted by Gasteiger charge is -0.112. The molecule has 4 heavy (non-hydrogen) atoms. The SMILES string of the molecule is Br.Br.Br.N. The van der Waals surface area contributed by atoms with E-state index in [0.29, 0.717) is 0 Å². The molecule has 1 nitrogen and oxygen atoms in total. The van der Waals surface area contributed by atoms with Gasteiger partial charge in [-0.15, -0.1) is 50.9 Å². The van der Waals surface area contributed by atoms with Gasteiger partial charge >= 0.3 is 0 Å². The van der Waals surface area contributed by atoms with Gasteiger partial charge in [0.15, 0.2) is 0 Å². The van der Waals surface area contributed by atoms with Crippen molar-refractivity contribution in [1.29, 1.82) is 0 Å². The van der Waals surface area contributed by atoms with Crippen molar-refractivity contribution in [3.05, 3.63) is 0 Å². The lowest BCUT2D eigenvalue weighted by molar-refractivity contribution is 2.13. The highest BCUT2D eigenvalue weighted by atomic mass is 79.9. The van der Waals surface area contributed by atoms with E-state index in [1.54, 1.807) is 0 Å². The van der Waals surface area contributed by atoms with Crippen LogP contribution in [0.25, 0.3) is 0 Å². The van der Waals surface area contributed by atoms with Gasteiger partial charge in [0, 0.05) is 0 Å². The third-order valence-electron chi connectivity index (χ3n) is 0. The van der Waals surface area contributed by atoms with Crippen LogP contribution in [0, 0.1) is 0 Å². The second-order valence-electron chi connectivity index (χ2n) is 0. The number of halogens is 3. The van der Waals surface area contributed by atoms with E-state index >= 15 is 0 Å². The Kier molecular flexibility index (Phi) is 346. The quantitative estimate of drug-likeness (QED) is 0.709. The second-order valence-corrected chi connectivity index (χ2v) is 0. The molecular weight excluding hydrogens is 254 g/mol. The molecule has 0 aromatic heterocycles. The third kappa shape index (κ3) is 9.99. The van der Waals surface area contributed by atoms with Crippen molar-refractivity contribution in [3.8, 4) is 0 Å². The Labute approximate surface area is 57.0 Å². The summed E-state index contributed by atoms with van der Waals surface area (Å²) in [6.07, 6.45) is 0. The average Bonchev–Trinajstić information content (AvgIpc) is 0. The van der Waals surface area contributed by atoms with E-state index in [0.717, 1.165) is 0 Å². The van der Waals surface area contributed by atoms with Crippen molar-refractivity contribution >= 4 is 50.9 Å². The third-order valence-corrected chi connectivity index (χ3v) is 0. The zero-order chi connectivity index (χ0) is 0. The molecule has 3 N–H and O–H groups in total. The Morgan fingerprint density at radius 2 is 0.500 bits per heavy atom. The lowest BCUT2D eigenvalue weighted by atomic mass is 14.0. The molecule has 0 spiro atoms. The van der Waals surface area contributed by atoms with Crippen LogP contribution in [0.1, 0.15) is 0 Å². The van der Waals surface area contributed by atoms with Gasteiger partial charge in [-0.3, -0.25) is 0 Å². The molecule has 0 radical (unpaired) electrons. The maximum Gasteiger partial charge on any atom is -0.114 e. The van der Waals surface area contributed by atoms with Crippen LogP contribution in [-0.4, -0.2) is 0 Å². The van der Waals surface area contributed by atoms with Crippen molar-refractivity contribution in [2.75, 3.05) is 0 Å². The first-order valence-electron chi connectivity index (χ1n) is 0. The van der Waals surface area contributed by atoms with Crippen LogP contribution in [-0.2, 0) is 0 Å². The first-order chi connectivity index (χ1) is 0. The van der Waals surface area contributed by atoms with E-state index in [9.17, 15) is 0 Å². The summed E-state index contributed by atoms with van der Waals surface area (Å²) in [6.45, 7) is 0. The zero-order valence-electron chi connectivity index (χ0n) is 1.93. The predicted octanol–water partition coefficient (Wildman–Crippen LogP) is 1.90. The van der Waals surface area contributed by atoms with Crippen molar-refractivity contribution in [1.82, 2.24) is 6.15 Å². The van der Waals surface area contributed by atoms with Gasteiger partial charge in [-0.2, -0.15) is 0 Å². The van der Waals surface area contributed by atoms with E-state index < -0.39 is 0 Å². The van der Waals surface area contributed by atoms with E-state index in [1.807, 2.05) is 0 Å². The van der Waals surface area contributed by atoms with Crippen LogP contribution in [0.15, 0.2) is 0 Å². The minimum absolute atomic E-state index is 0. The Balaban J connectivity index is 0. The summed E-state index contributed by atoms with van der Waals surface area (Å²) in [6, 6.07) is 0. The summed E-state index contributed by atoms with van der Waals surface area (Å²) in [5.41, 5.74) is 0. The van der Waals surface area contributed by atoms with Crippen LogP contribution >= 0.6 is 50.9 Å². The zero-order valence-corrected chi connectivity index (χ0v) is 7.07. The van der Waals surface area contributed by atoms with E-state index in [-0.39, 0.29) is 57.1 Å². The fourth-order valence-corrected chi connectivity index (χ4v) is 0. The molecule has 32 valence electrons. The monoisotopic (exact) mass is 257 g/mol. The van der Waals surface area contributed by atoms with Gasteiger partial charge in [-0.1, -0.05) is 0 Å². The summed E-state index contributed by atoms with van der Waals surface area (Å²) in [7, 11) is 0. The standard InChI is InChI=1S/3BrH.H3N/h3*1H;1H3. The van der Waals surface area contributed by atoms with Crippen LogP contribution in [0.3, 0.4) is 0 Å². The van der Waals surface area contributed by atoms with Gasteiger partial charge in [0.05, 0.1) is 0 Å². The molecule has 0 aromatic carbocycles. The largest absolute Gasteiger partial charge is 0.344 e. The first-order valence-corrected chi connectivity index (χ1v) is 0. The molecule has 0 heterocycles. The predicted molar refractivity (Wildman–Crippen MR) is 36.0 cm³/mol. The van der Waals surface area contributed by atoms with Crippen molar-refractivity contribution < 1.29 is 0 Å². The average molecular weight is 260 g/mol. The van der Waals surface area contributed by atoms with E-state index in [1.165, 1.54) is 0 Å². The fourth-order valence-electron chi connectivity index (χ4n) is 0. The Bertz CT molecular complexity index is 3.25. The summed E-state index contributed by atoms with van der Waals surface area (Å²) in [4.78, 5) is 0. The minimum atomic E-state index is 0. The van der Waals surface area contributed by atoms with Gasteiger partial charge in [0.25, 0.3) is 0 Å². The Hall–Kier alpha value is 1.40. The number of hydrogen-bond donors (Lipinski definition) is 1. The van der Waals surface area contributed by atoms with Crippen molar-refractivity contribution in [2.45, 2.75) is 0 Å². The van der Waals surface area contributed by atoms with E-state index in [4.69, 9.17) is 0 Å². The molecule has 0 bridgehead atoms. The Morgan fingerprint density at radius 3 is 0.500 bits per heavy atom. The summed E-state index contributed by atoms with van der Waals surface area (Å²) < 4.78 is 0. The van der Waals surface area contributed by atoms with Gasteiger partial charge in [-0.05, 0) is 0 Å². The summed E-state index contributed by atoms with van der Waals surface area (Å²) in [5.74, 6) is 0. The van der Waals surface area contributed by atoms with Crippen molar-refractivity contribution in [2.24, 2.45) is 0 Å². The topological polar surface area (TPSA) is 35.0 Å². The molecule has 0 aliphatic carbocycles. The summed E-state index contributed by atoms with van der Waals surface area (Å²) >= 11 is 0. The molecule has 0 amide bonds. The second kappa shape index (κ2) is 26.0. The molecule has 0 fully saturated rings. The summed E-state index contributed by atoms with van der Waals surface area (Å²) in [5, 5.41) is 0. The molecule has 0 unspecified atom stereocenters. The highest BCUT2D eigenvalue weighted by molar-refractivity contribution is 8.93. The fraction of sp³-hybridized carbons (Fsp3) is 0. The molecule has 0 atom stereocenters. The van der Waals surface area contributed by atoms with Crippen LogP contribution in [0.2, 0.25) is 0 Å². The van der Waals surface area contributed by atoms with Gasteiger partial charge < -0.3 is 6.15 Å². The van der Waals surface area contributed by atoms with Crippen LogP contribution in [0.5, 0.6) is 0 Å². The first kappa shape index (κ1) is 53.3. The molecule has 0 aliphatic heterocycles. The van der Waals surface area contributed by atoms with Gasteiger partial charge in [-0.25, -0.2) is 0 Å². The van der Waals surface area contributed by atoms with Crippen LogP contribution < -0.4 is 6.15 Å². The minimum Gasteiger partial charge on any atom is -0.344 e. The lowest BCUT2D eigenvalue weighted by Gasteiger charge is -0.344. The Morgan fingerprint density at radius 1 is 0.500 bits per heavy atom. The molecular formula is H6Br3N. The molecule has 0 rings (SSSR count). The molecule has 0 saturated heterocycles. The number of rotatable bonds is 0. The molecule has 0 aliphatic rings.